The maximum atomic E-state index is 12.2. The Hall–Kier alpha value is -0.970. The molecule has 1 heterocycles. The predicted molar refractivity (Wildman–Crippen MR) is 74.7 cm³/mol. The van der Waals surface area contributed by atoms with Gasteiger partial charge in [-0.3, -0.25) is 4.79 Å². The second-order valence-electron chi connectivity index (χ2n) is 3.67. The molecule has 2 aromatic rings. The van der Waals surface area contributed by atoms with Gasteiger partial charge in [-0.25, -0.2) is 0 Å². The topological polar surface area (TPSA) is 43.1 Å². The second-order valence-corrected chi connectivity index (χ2v) is 6.13. The quantitative estimate of drug-likeness (QED) is 0.881. The fourth-order valence-corrected chi connectivity index (χ4v) is 2.96. The number of hydrogen-bond acceptors (Lipinski definition) is 3. The number of halogens is 1. The Labute approximate surface area is 113 Å². The van der Waals surface area contributed by atoms with Crippen LogP contribution in [0.1, 0.15) is 20.8 Å². The van der Waals surface area contributed by atoms with E-state index in [0.717, 1.165) is 26.2 Å². The fraction of sp³-hybridized carbons (Fsp3) is 0.154. The molecule has 0 atom stereocenters. The van der Waals surface area contributed by atoms with E-state index in [1.165, 1.54) is 11.3 Å². The maximum absolute atomic E-state index is 12.2. The average Bonchev–Trinajstić information content (AvgIpc) is 2.76. The van der Waals surface area contributed by atoms with Crippen molar-refractivity contribution in [2.45, 2.75) is 6.42 Å². The molecule has 1 aromatic heterocycles. The summed E-state index contributed by atoms with van der Waals surface area (Å²) in [5, 5.41) is 0. The van der Waals surface area contributed by atoms with Crippen LogP contribution in [0.4, 0.5) is 0 Å². The standard InChI is InChI=1S/C13H12BrNOS/c14-12-5-4-11(17-12)13(16)10-3-1-2-9(8-10)6-7-15/h1-5,8H,6-7,15H2. The van der Waals surface area contributed by atoms with Gasteiger partial charge in [0, 0.05) is 5.56 Å². The summed E-state index contributed by atoms with van der Waals surface area (Å²) in [7, 11) is 0. The summed E-state index contributed by atoms with van der Waals surface area (Å²) in [6.07, 6.45) is 0.801. The summed E-state index contributed by atoms with van der Waals surface area (Å²) in [4.78, 5) is 12.9. The van der Waals surface area contributed by atoms with Gasteiger partial charge in [-0.1, -0.05) is 18.2 Å². The number of benzene rings is 1. The van der Waals surface area contributed by atoms with Gasteiger partial charge in [0.15, 0.2) is 0 Å². The molecule has 88 valence electrons. The van der Waals surface area contributed by atoms with Crippen LogP contribution in [-0.2, 0) is 6.42 Å². The molecular formula is C13H12BrNOS. The molecule has 0 radical (unpaired) electrons. The molecule has 0 spiro atoms. The van der Waals surface area contributed by atoms with Gasteiger partial charge >= 0.3 is 0 Å². The summed E-state index contributed by atoms with van der Waals surface area (Å²) in [6.45, 7) is 0.599. The highest BCUT2D eigenvalue weighted by atomic mass is 79.9. The minimum absolute atomic E-state index is 0.0690. The Balaban J connectivity index is 2.27. The Morgan fingerprint density at radius 3 is 2.76 bits per heavy atom. The van der Waals surface area contributed by atoms with Gasteiger partial charge in [0.1, 0.15) is 0 Å². The molecule has 0 amide bonds. The van der Waals surface area contributed by atoms with Crippen LogP contribution in [0, 0.1) is 0 Å². The lowest BCUT2D eigenvalue weighted by Crippen LogP contribution is -2.04. The summed E-state index contributed by atoms with van der Waals surface area (Å²) in [6, 6.07) is 11.4. The van der Waals surface area contributed by atoms with E-state index in [2.05, 4.69) is 15.9 Å². The van der Waals surface area contributed by atoms with E-state index in [-0.39, 0.29) is 5.78 Å². The van der Waals surface area contributed by atoms with Gasteiger partial charge in [-0.2, -0.15) is 0 Å². The van der Waals surface area contributed by atoms with Crippen molar-refractivity contribution in [3.8, 4) is 0 Å². The Morgan fingerprint density at radius 1 is 1.29 bits per heavy atom. The third-order valence-electron chi connectivity index (χ3n) is 2.42. The molecule has 0 fully saturated rings. The molecule has 0 aliphatic heterocycles. The highest BCUT2D eigenvalue weighted by Gasteiger charge is 2.11. The van der Waals surface area contributed by atoms with Crippen LogP contribution in [0.25, 0.3) is 0 Å². The molecule has 4 heteroatoms. The largest absolute Gasteiger partial charge is 0.330 e. The first-order valence-corrected chi connectivity index (χ1v) is 6.90. The highest BCUT2D eigenvalue weighted by molar-refractivity contribution is 9.11. The Morgan fingerprint density at radius 2 is 2.12 bits per heavy atom. The van der Waals surface area contributed by atoms with E-state index < -0.39 is 0 Å². The van der Waals surface area contributed by atoms with Crippen molar-refractivity contribution in [1.82, 2.24) is 0 Å². The Bertz CT molecular complexity index is 536. The Kier molecular flexibility index (Phi) is 4.10. The number of rotatable bonds is 4. The monoisotopic (exact) mass is 309 g/mol. The SMILES string of the molecule is NCCc1cccc(C(=O)c2ccc(Br)s2)c1. The molecule has 2 rings (SSSR count). The van der Waals surface area contributed by atoms with E-state index in [9.17, 15) is 4.79 Å². The van der Waals surface area contributed by atoms with E-state index in [4.69, 9.17) is 5.73 Å². The second kappa shape index (κ2) is 5.58. The lowest BCUT2D eigenvalue weighted by molar-refractivity contribution is 0.104. The number of hydrogen-bond donors (Lipinski definition) is 1. The first-order valence-electron chi connectivity index (χ1n) is 5.30. The number of nitrogens with two attached hydrogens (primary N) is 1. The zero-order valence-electron chi connectivity index (χ0n) is 9.15. The van der Waals surface area contributed by atoms with E-state index in [1.807, 2.05) is 36.4 Å². The van der Waals surface area contributed by atoms with Crippen molar-refractivity contribution >= 4 is 33.0 Å². The molecule has 0 aliphatic rings. The van der Waals surface area contributed by atoms with Crippen LogP contribution in [0.5, 0.6) is 0 Å². The summed E-state index contributed by atoms with van der Waals surface area (Å²) < 4.78 is 0.971. The lowest BCUT2D eigenvalue weighted by Gasteiger charge is -2.02. The van der Waals surface area contributed by atoms with Gasteiger partial charge in [0.25, 0.3) is 0 Å². The van der Waals surface area contributed by atoms with E-state index >= 15 is 0 Å². The predicted octanol–water partition coefficient (Wildman–Crippen LogP) is 3.24. The van der Waals surface area contributed by atoms with Gasteiger partial charge < -0.3 is 5.73 Å². The fourth-order valence-electron chi connectivity index (χ4n) is 1.61. The van der Waals surface area contributed by atoms with Gasteiger partial charge in [-0.05, 0) is 52.7 Å². The molecule has 2 nitrogen and oxygen atoms in total. The molecule has 0 saturated carbocycles. The third kappa shape index (κ3) is 3.03. The molecule has 0 bridgehead atoms. The van der Waals surface area contributed by atoms with Gasteiger partial charge in [0.05, 0.1) is 8.66 Å². The summed E-state index contributed by atoms with van der Waals surface area (Å²) >= 11 is 4.81. The molecule has 0 aliphatic carbocycles. The number of ketones is 1. The smallest absolute Gasteiger partial charge is 0.202 e. The van der Waals surface area contributed by atoms with Crippen molar-refractivity contribution in [3.05, 3.63) is 56.2 Å². The first-order chi connectivity index (χ1) is 8.20. The number of carbonyl (C=O) groups excluding carboxylic acids is 1. The summed E-state index contributed by atoms with van der Waals surface area (Å²) in [5.41, 5.74) is 7.34. The molecule has 1 aromatic carbocycles. The van der Waals surface area contributed by atoms with Gasteiger partial charge in [-0.15, -0.1) is 11.3 Å². The lowest BCUT2D eigenvalue weighted by atomic mass is 10.0. The summed E-state index contributed by atoms with van der Waals surface area (Å²) in [5.74, 6) is 0.0690. The van der Waals surface area contributed by atoms with E-state index in [0.29, 0.717) is 6.54 Å². The van der Waals surface area contributed by atoms with Crippen LogP contribution in [0.3, 0.4) is 0 Å². The number of thiophene rings is 1. The van der Waals surface area contributed by atoms with Crippen molar-refractivity contribution in [1.29, 1.82) is 0 Å². The molecule has 17 heavy (non-hydrogen) atoms. The van der Waals surface area contributed by atoms with Crippen LogP contribution in [0.15, 0.2) is 40.2 Å². The van der Waals surface area contributed by atoms with Crippen LogP contribution in [-0.4, -0.2) is 12.3 Å². The first kappa shape index (κ1) is 12.5. The van der Waals surface area contributed by atoms with Crippen molar-refractivity contribution in [2.75, 3.05) is 6.54 Å². The number of carbonyl (C=O) groups is 1. The van der Waals surface area contributed by atoms with Crippen LogP contribution in [0.2, 0.25) is 0 Å². The van der Waals surface area contributed by atoms with Crippen LogP contribution < -0.4 is 5.73 Å². The van der Waals surface area contributed by atoms with Crippen molar-refractivity contribution in [2.24, 2.45) is 5.73 Å². The zero-order valence-corrected chi connectivity index (χ0v) is 11.6. The van der Waals surface area contributed by atoms with Crippen molar-refractivity contribution < 1.29 is 4.79 Å². The molecule has 0 saturated heterocycles. The zero-order chi connectivity index (χ0) is 12.3. The molecule has 0 unspecified atom stereocenters. The van der Waals surface area contributed by atoms with E-state index in [1.54, 1.807) is 0 Å². The van der Waals surface area contributed by atoms with Crippen LogP contribution >= 0.6 is 27.3 Å². The minimum atomic E-state index is 0.0690. The highest BCUT2D eigenvalue weighted by Crippen LogP contribution is 2.24. The normalized spacial score (nSPS) is 10.5. The van der Waals surface area contributed by atoms with Gasteiger partial charge in [0.2, 0.25) is 5.78 Å². The molecular weight excluding hydrogens is 298 g/mol. The molecule has 2 N–H and O–H groups in total. The maximum Gasteiger partial charge on any atom is 0.202 e. The van der Waals surface area contributed by atoms with Crippen molar-refractivity contribution in [3.63, 3.8) is 0 Å². The average molecular weight is 310 g/mol. The third-order valence-corrected chi connectivity index (χ3v) is 4.04. The minimum Gasteiger partial charge on any atom is -0.330 e.